The van der Waals surface area contributed by atoms with E-state index in [0.717, 1.165) is 38.2 Å². The Morgan fingerprint density at radius 1 is 1.43 bits per heavy atom. The number of piperidine rings is 1. The number of rotatable bonds is 5. The van der Waals surface area contributed by atoms with Gasteiger partial charge in [0, 0.05) is 26.1 Å². The number of methoxy groups -OCH3 is 1. The summed E-state index contributed by atoms with van der Waals surface area (Å²) >= 11 is 0. The second-order valence-corrected chi connectivity index (χ2v) is 5.97. The Kier molecular flexibility index (Phi) is 5.62. The van der Waals surface area contributed by atoms with Gasteiger partial charge in [-0.3, -0.25) is 4.79 Å². The van der Waals surface area contributed by atoms with E-state index in [0.29, 0.717) is 12.0 Å². The Labute approximate surface area is 127 Å². The molecule has 0 radical (unpaired) electrons. The first-order chi connectivity index (χ1) is 10.1. The van der Waals surface area contributed by atoms with Gasteiger partial charge in [-0.1, -0.05) is 19.1 Å². The van der Waals surface area contributed by atoms with Gasteiger partial charge in [-0.15, -0.1) is 0 Å². The number of carbonyl (C=O) groups excluding carboxylic acids is 1. The van der Waals surface area contributed by atoms with Crippen molar-refractivity contribution in [3.8, 4) is 5.75 Å². The number of hydrogen-bond donors (Lipinski definition) is 1. The highest BCUT2D eigenvalue weighted by Crippen LogP contribution is 2.21. The summed E-state index contributed by atoms with van der Waals surface area (Å²) in [6, 6.07) is 8.61. The molecule has 1 saturated heterocycles. The van der Waals surface area contributed by atoms with E-state index in [4.69, 9.17) is 4.74 Å². The maximum absolute atomic E-state index is 11.2. The zero-order chi connectivity index (χ0) is 15.2. The van der Waals surface area contributed by atoms with Gasteiger partial charge in [0.2, 0.25) is 5.91 Å². The molecule has 0 bridgehead atoms. The molecule has 0 saturated carbocycles. The summed E-state index contributed by atoms with van der Waals surface area (Å²) in [5, 5.41) is 3.04. The largest absolute Gasteiger partial charge is 0.497 e. The molecule has 0 aliphatic carbocycles. The van der Waals surface area contributed by atoms with Gasteiger partial charge in [0.1, 0.15) is 5.75 Å². The summed E-state index contributed by atoms with van der Waals surface area (Å²) in [5.41, 5.74) is 1.33. The highest BCUT2D eigenvalue weighted by Gasteiger charge is 2.22. The smallest absolute Gasteiger partial charge is 0.217 e. The highest BCUT2D eigenvalue weighted by molar-refractivity contribution is 5.73. The molecule has 1 N–H and O–H groups in total. The molecule has 2 atom stereocenters. The van der Waals surface area contributed by atoms with Crippen LogP contribution in [0.15, 0.2) is 24.3 Å². The maximum atomic E-state index is 11.2. The predicted octanol–water partition coefficient (Wildman–Crippen LogP) is 2.40. The van der Waals surface area contributed by atoms with Gasteiger partial charge in [0.05, 0.1) is 7.11 Å². The second kappa shape index (κ2) is 7.46. The summed E-state index contributed by atoms with van der Waals surface area (Å²) in [4.78, 5) is 13.6. The molecule has 1 amide bonds. The van der Waals surface area contributed by atoms with E-state index in [1.807, 2.05) is 12.1 Å². The minimum absolute atomic E-state index is 0.0741. The molecule has 0 spiro atoms. The lowest BCUT2D eigenvalue weighted by Gasteiger charge is -2.34. The number of nitrogens with zero attached hydrogens (tertiary/aromatic N) is 1. The van der Waals surface area contributed by atoms with E-state index in [1.54, 1.807) is 14.0 Å². The highest BCUT2D eigenvalue weighted by atomic mass is 16.5. The van der Waals surface area contributed by atoms with Crippen LogP contribution in [0.4, 0.5) is 0 Å². The van der Waals surface area contributed by atoms with Crippen LogP contribution in [0.1, 0.15) is 38.2 Å². The molecule has 2 unspecified atom stereocenters. The Hall–Kier alpha value is -1.55. The van der Waals surface area contributed by atoms with Crippen molar-refractivity contribution in [3.63, 3.8) is 0 Å². The van der Waals surface area contributed by atoms with Crippen molar-refractivity contribution in [2.75, 3.05) is 26.7 Å². The molecule has 1 aromatic carbocycles. The number of ether oxygens (including phenoxy) is 1. The van der Waals surface area contributed by atoms with Crippen LogP contribution < -0.4 is 10.1 Å². The molecule has 4 nitrogen and oxygen atoms in total. The van der Waals surface area contributed by atoms with E-state index in [1.165, 1.54) is 5.56 Å². The van der Waals surface area contributed by atoms with Gasteiger partial charge in [-0.25, -0.2) is 0 Å². The minimum Gasteiger partial charge on any atom is -0.497 e. The van der Waals surface area contributed by atoms with Gasteiger partial charge >= 0.3 is 0 Å². The Balaban J connectivity index is 1.88. The molecule has 1 aromatic rings. The van der Waals surface area contributed by atoms with Gasteiger partial charge in [0.25, 0.3) is 0 Å². The average molecular weight is 290 g/mol. The van der Waals surface area contributed by atoms with E-state index in [2.05, 4.69) is 29.3 Å². The maximum Gasteiger partial charge on any atom is 0.217 e. The van der Waals surface area contributed by atoms with Crippen LogP contribution in [0.3, 0.4) is 0 Å². The molecule has 1 fully saturated rings. The van der Waals surface area contributed by atoms with Crippen molar-refractivity contribution < 1.29 is 9.53 Å². The Morgan fingerprint density at radius 2 is 2.14 bits per heavy atom. The van der Waals surface area contributed by atoms with E-state index < -0.39 is 0 Å². The van der Waals surface area contributed by atoms with Crippen molar-refractivity contribution in [1.82, 2.24) is 10.2 Å². The number of benzene rings is 1. The first-order valence-electron chi connectivity index (χ1n) is 7.72. The number of likely N-dealkylation sites (tertiary alicyclic amines) is 1. The Bertz CT molecular complexity index is 458. The summed E-state index contributed by atoms with van der Waals surface area (Å²) in [6.45, 7) is 6.96. The monoisotopic (exact) mass is 290 g/mol. The summed E-state index contributed by atoms with van der Waals surface area (Å²) < 4.78 is 5.20. The van der Waals surface area contributed by atoms with Crippen molar-refractivity contribution >= 4 is 5.91 Å². The minimum atomic E-state index is 0.0741. The van der Waals surface area contributed by atoms with E-state index >= 15 is 0 Å². The molecule has 21 heavy (non-hydrogen) atoms. The van der Waals surface area contributed by atoms with E-state index in [-0.39, 0.29) is 5.91 Å². The fourth-order valence-corrected chi connectivity index (χ4v) is 3.05. The number of carbonyl (C=O) groups is 1. The third-order valence-corrected chi connectivity index (χ3v) is 4.13. The third-order valence-electron chi connectivity index (χ3n) is 4.13. The average Bonchev–Trinajstić information content (AvgIpc) is 2.47. The topological polar surface area (TPSA) is 41.6 Å². The zero-order valence-electron chi connectivity index (χ0n) is 13.3. The molecule has 1 aliphatic heterocycles. The van der Waals surface area contributed by atoms with Crippen LogP contribution in [0.2, 0.25) is 0 Å². The van der Waals surface area contributed by atoms with Gasteiger partial charge in [-0.05, 0) is 43.0 Å². The fraction of sp³-hybridized carbons (Fsp3) is 0.588. The number of amides is 1. The van der Waals surface area contributed by atoms with Gasteiger partial charge in [0.15, 0.2) is 0 Å². The summed E-state index contributed by atoms with van der Waals surface area (Å²) in [5.74, 6) is 1.45. The lowest BCUT2D eigenvalue weighted by molar-refractivity contribution is -0.120. The van der Waals surface area contributed by atoms with Crippen LogP contribution in [0.5, 0.6) is 5.75 Å². The van der Waals surface area contributed by atoms with Gasteiger partial charge < -0.3 is 15.0 Å². The quantitative estimate of drug-likeness (QED) is 0.905. The summed E-state index contributed by atoms with van der Waals surface area (Å²) in [7, 11) is 1.69. The second-order valence-electron chi connectivity index (χ2n) is 5.97. The van der Waals surface area contributed by atoms with Crippen molar-refractivity contribution in [2.45, 2.75) is 38.6 Å². The van der Waals surface area contributed by atoms with Crippen molar-refractivity contribution in [1.29, 1.82) is 0 Å². The van der Waals surface area contributed by atoms with Crippen LogP contribution in [0, 0.1) is 0 Å². The number of hydrogen-bond acceptors (Lipinski definition) is 3. The van der Waals surface area contributed by atoms with Crippen molar-refractivity contribution in [3.05, 3.63) is 29.8 Å². The molecule has 1 aliphatic rings. The lowest BCUT2D eigenvalue weighted by Crippen LogP contribution is -2.47. The number of nitrogens with one attached hydrogen (secondary N) is 1. The molecular formula is C17H26N2O2. The van der Waals surface area contributed by atoms with Crippen LogP contribution in [-0.2, 0) is 4.79 Å². The van der Waals surface area contributed by atoms with Crippen LogP contribution in [-0.4, -0.2) is 43.6 Å². The first-order valence-corrected chi connectivity index (χ1v) is 7.72. The fourth-order valence-electron chi connectivity index (χ4n) is 3.05. The third kappa shape index (κ3) is 4.74. The molecule has 116 valence electrons. The normalized spacial score (nSPS) is 20.8. The van der Waals surface area contributed by atoms with Crippen LogP contribution >= 0.6 is 0 Å². The van der Waals surface area contributed by atoms with Crippen LogP contribution in [0.25, 0.3) is 0 Å². The molecule has 4 heteroatoms. The standard InChI is InChI=1S/C17H26N2O2/c1-13(15-6-8-17(21-3)9-7-15)11-19-10-4-5-16(12-19)18-14(2)20/h6-9,13,16H,4-5,10-12H2,1-3H3,(H,18,20). The first kappa shape index (κ1) is 15.8. The molecule has 2 rings (SSSR count). The predicted molar refractivity (Wildman–Crippen MR) is 84.7 cm³/mol. The summed E-state index contributed by atoms with van der Waals surface area (Å²) in [6.07, 6.45) is 2.24. The molecule has 1 heterocycles. The molecular weight excluding hydrogens is 264 g/mol. The SMILES string of the molecule is COc1ccc(C(C)CN2CCCC(NC(C)=O)C2)cc1. The van der Waals surface area contributed by atoms with E-state index in [9.17, 15) is 4.79 Å². The Morgan fingerprint density at radius 3 is 2.76 bits per heavy atom. The molecule has 0 aromatic heterocycles. The lowest BCUT2D eigenvalue weighted by atomic mass is 9.98. The van der Waals surface area contributed by atoms with Crippen molar-refractivity contribution in [2.24, 2.45) is 0 Å². The van der Waals surface area contributed by atoms with Gasteiger partial charge in [-0.2, -0.15) is 0 Å². The zero-order valence-corrected chi connectivity index (χ0v) is 13.3.